The summed E-state index contributed by atoms with van der Waals surface area (Å²) in [6, 6.07) is 0.104. The lowest BCUT2D eigenvalue weighted by atomic mass is 9.86. The highest BCUT2D eigenvalue weighted by molar-refractivity contribution is 8.01. The Hall–Kier alpha value is -1.32. The molecule has 1 aromatic rings. The number of aromatic nitrogens is 1. The van der Waals surface area contributed by atoms with Crippen LogP contribution in [-0.2, 0) is 9.53 Å². The molecule has 0 aromatic carbocycles. The Morgan fingerprint density at radius 3 is 2.76 bits per heavy atom. The van der Waals surface area contributed by atoms with Crippen LogP contribution in [0.1, 0.15) is 52.9 Å². The fourth-order valence-electron chi connectivity index (χ4n) is 3.27. The maximum atomic E-state index is 13.0. The lowest BCUT2D eigenvalue weighted by molar-refractivity contribution is -0.136. The van der Waals surface area contributed by atoms with Gasteiger partial charge in [-0.25, -0.2) is 9.78 Å². The minimum atomic E-state index is -0.812. The predicted octanol–water partition coefficient (Wildman–Crippen LogP) is 4.80. The Balaban J connectivity index is 1.91. The van der Waals surface area contributed by atoms with E-state index in [2.05, 4.69) is 31.1 Å². The van der Waals surface area contributed by atoms with Crippen molar-refractivity contribution in [1.29, 1.82) is 0 Å². The Bertz CT molecular complexity index is 645. The summed E-state index contributed by atoms with van der Waals surface area (Å²) in [7, 11) is 0. The zero-order valence-electron chi connectivity index (χ0n) is 17.6. The molecule has 7 nitrogen and oxygen atoms in total. The maximum Gasteiger partial charge on any atom is 0.323 e. The van der Waals surface area contributed by atoms with Crippen LogP contribution in [0.2, 0.25) is 0 Å². The summed E-state index contributed by atoms with van der Waals surface area (Å²) >= 11 is 2.82. The van der Waals surface area contributed by atoms with E-state index in [1.807, 2.05) is 4.90 Å². The lowest BCUT2D eigenvalue weighted by Crippen LogP contribution is -2.46. The van der Waals surface area contributed by atoms with Crippen LogP contribution in [0.4, 0.5) is 9.93 Å². The third kappa shape index (κ3) is 8.92. The Morgan fingerprint density at radius 1 is 1.38 bits per heavy atom. The zero-order chi connectivity index (χ0) is 21.2. The van der Waals surface area contributed by atoms with E-state index in [1.54, 1.807) is 6.20 Å². The first-order valence-electron chi connectivity index (χ1n) is 10.3. The van der Waals surface area contributed by atoms with Crippen LogP contribution < -0.4 is 5.32 Å². The first-order valence-corrected chi connectivity index (χ1v) is 12.1. The van der Waals surface area contributed by atoms with E-state index >= 15 is 0 Å². The number of nitrogens with one attached hydrogen (secondary N) is 1. The SMILES string of the molecule is CC(C)COCCN(C(=O)Nc1ncc(SCCC(=O)O)s1)C1CCC(C)CC1. The quantitative estimate of drug-likeness (QED) is 0.377. The van der Waals surface area contributed by atoms with E-state index in [1.165, 1.54) is 23.1 Å². The molecule has 1 heterocycles. The average molecular weight is 444 g/mol. The average Bonchev–Trinajstić information content (AvgIpc) is 3.09. The van der Waals surface area contributed by atoms with E-state index in [-0.39, 0.29) is 18.5 Å². The first kappa shape index (κ1) is 24.0. The molecule has 0 unspecified atom stereocenters. The molecule has 29 heavy (non-hydrogen) atoms. The number of carbonyl (C=O) groups excluding carboxylic acids is 1. The molecule has 0 spiro atoms. The highest BCUT2D eigenvalue weighted by Gasteiger charge is 2.28. The number of hydrogen-bond acceptors (Lipinski definition) is 6. The highest BCUT2D eigenvalue weighted by Crippen LogP contribution is 2.30. The number of amides is 2. The summed E-state index contributed by atoms with van der Waals surface area (Å²) in [6.07, 6.45) is 6.12. The van der Waals surface area contributed by atoms with Gasteiger partial charge in [0, 0.05) is 24.9 Å². The second-order valence-electron chi connectivity index (χ2n) is 7.98. The monoisotopic (exact) mass is 443 g/mol. The Labute approximate surface area is 181 Å². The van der Waals surface area contributed by atoms with Gasteiger partial charge < -0.3 is 14.7 Å². The molecule has 1 saturated carbocycles. The molecule has 2 rings (SSSR count). The fourth-order valence-corrected chi connectivity index (χ4v) is 5.14. The van der Waals surface area contributed by atoms with Gasteiger partial charge in [-0.1, -0.05) is 32.1 Å². The van der Waals surface area contributed by atoms with Crippen LogP contribution in [0.15, 0.2) is 10.4 Å². The van der Waals surface area contributed by atoms with Gasteiger partial charge in [0.05, 0.1) is 23.4 Å². The van der Waals surface area contributed by atoms with Crippen LogP contribution in [0, 0.1) is 11.8 Å². The number of anilines is 1. The van der Waals surface area contributed by atoms with E-state index in [0.29, 0.717) is 36.6 Å². The summed E-state index contributed by atoms with van der Waals surface area (Å²) in [5, 5.41) is 12.2. The van der Waals surface area contributed by atoms with E-state index in [0.717, 1.165) is 35.8 Å². The van der Waals surface area contributed by atoms with Gasteiger partial charge in [0.25, 0.3) is 0 Å². The van der Waals surface area contributed by atoms with Crippen molar-refractivity contribution in [3.05, 3.63) is 6.20 Å². The molecule has 9 heteroatoms. The van der Waals surface area contributed by atoms with Crippen molar-refractivity contribution in [3.63, 3.8) is 0 Å². The van der Waals surface area contributed by atoms with Gasteiger partial charge in [-0.15, -0.1) is 11.8 Å². The maximum absolute atomic E-state index is 13.0. The Kier molecular flexibility index (Phi) is 10.2. The standard InChI is InChI=1S/C20H33N3O4S2/c1-14(2)13-27-10-9-23(16-6-4-15(3)5-7-16)20(26)22-19-21-12-18(29-19)28-11-8-17(24)25/h12,14-16H,4-11,13H2,1-3H3,(H,24,25)(H,21,22,26). The first-order chi connectivity index (χ1) is 13.8. The van der Waals surface area contributed by atoms with Crippen LogP contribution in [0.5, 0.6) is 0 Å². The van der Waals surface area contributed by atoms with Gasteiger partial charge in [-0.3, -0.25) is 10.1 Å². The van der Waals surface area contributed by atoms with Crippen molar-refractivity contribution >= 4 is 40.2 Å². The number of rotatable bonds is 11. The number of carbonyl (C=O) groups is 2. The van der Waals surface area contributed by atoms with Gasteiger partial charge >= 0.3 is 12.0 Å². The van der Waals surface area contributed by atoms with E-state index in [4.69, 9.17) is 9.84 Å². The number of carboxylic acids is 1. The summed E-state index contributed by atoms with van der Waals surface area (Å²) < 4.78 is 6.62. The summed E-state index contributed by atoms with van der Waals surface area (Å²) in [6.45, 7) is 8.30. The molecule has 0 saturated heterocycles. The molecule has 164 valence electrons. The van der Waals surface area contributed by atoms with E-state index in [9.17, 15) is 9.59 Å². The largest absolute Gasteiger partial charge is 0.481 e. The summed E-state index contributed by atoms with van der Waals surface area (Å²) in [4.78, 5) is 29.8. The molecule has 1 aliphatic carbocycles. The summed E-state index contributed by atoms with van der Waals surface area (Å²) in [5.41, 5.74) is 0. The van der Waals surface area contributed by atoms with Crippen LogP contribution in [-0.4, -0.2) is 58.5 Å². The number of carboxylic acid groups (broad SMARTS) is 1. The zero-order valence-corrected chi connectivity index (χ0v) is 19.2. The normalized spacial score (nSPS) is 19.3. The van der Waals surface area contributed by atoms with Crippen molar-refractivity contribution < 1.29 is 19.4 Å². The molecule has 0 radical (unpaired) electrons. The molecule has 1 aromatic heterocycles. The van der Waals surface area contributed by atoms with Crippen LogP contribution in [0.25, 0.3) is 0 Å². The number of ether oxygens (including phenoxy) is 1. The van der Waals surface area contributed by atoms with Crippen molar-refractivity contribution in [2.45, 2.75) is 63.1 Å². The number of nitrogens with zero attached hydrogens (tertiary/aromatic N) is 2. The molecule has 0 bridgehead atoms. The predicted molar refractivity (Wildman–Crippen MR) is 118 cm³/mol. The third-order valence-electron chi connectivity index (χ3n) is 4.87. The smallest absolute Gasteiger partial charge is 0.323 e. The molecule has 2 amide bonds. The van der Waals surface area contributed by atoms with Gasteiger partial charge in [-0.2, -0.15) is 0 Å². The number of thioether (sulfide) groups is 1. The second-order valence-corrected chi connectivity index (χ2v) is 10.4. The minimum Gasteiger partial charge on any atom is -0.481 e. The Morgan fingerprint density at radius 2 is 2.10 bits per heavy atom. The minimum absolute atomic E-state index is 0.106. The number of urea groups is 1. The molecule has 1 fully saturated rings. The van der Waals surface area contributed by atoms with E-state index < -0.39 is 5.97 Å². The van der Waals surface area contributed by atoms with Gasteiger partial charge in [0.1, 0.15) is 0 Å². The number of thiazole rings is 1. The van der Waals surface area contributed by atoms with Crippen molar-refractivity contribution in [2.24, 2.45) is 11.8 Å². The molecular weight excluding hydrogens is 410 g/mol. The van der Waals surface area contributed by atoms with Gasteiger partial charge in [0.2, 0.25) is 0 Å². The number of hydrogen-bond donors (Lipinski definition) is 2. The van der Waals surface area contributed by atoms with Gasteiger partial charge in [-0.05, 0) is 37.5 Å². The number of aliphatic carboxylic acids is 1. The highest BCUT2D eigenvalue weighted by atomic mass is 32.2. The van der Waals surface area contributed by atoms with Crippen molar-refractivity contribution in [3.8, 4) is 0 Å². The molecular formula is C20H33N3O4S2. The van der Waals surface area contributed by atoms with Crippen molar-refractivity contribution in [2.75, 3.05) is 30.8 Å². The topological polar surface area (TPSA) is 91.8 Å². The van der Waals surface area contributed by atoms with Gasteiger partial charge in [0.15, 0.2) is 5.13 Å². The molecule has 1 aliphatic rings. The second kappa shape index (κ2) is 12.4. The molecule has 0 atom stereocenters. The third-order valence-corrected chi connectivity index (χ3v) is 6.98. The summed E-state index contributed by atoms with van der Waals surface area (Å²) in [5.74, 6) is 0.871. The lowest BCUT2D eigenvalue weighted by Gasteiger charge is -2.36. The van der Waals surface area contributed by atoms with Crippen molar-refractivity contribution in [1.82, 2.24) is 9.88 Å². The fraction of sp³-hybridized carbons (Fsp3) is 0.750. The molecule has 0 aliphatic heterocycles. The van der Waals surface area contributed by atoms with Crippen LogP contribution >= 0.6 is 23.1 Å². The molecule has 2 N–H and O–H groups in total. The van der Waals surface area contributed by atoms with Crippen LogP contribution in [0.3, 0.4) is 0 Å².